The smallest absolute Gasteiger partial charge is 0.146 e. The number of ketones is 1. The van der Waals surface area contributed by atoms with Crippen LogP contribution in [0.2, 0.25) is 0 Å². The Labute approximate surface area is 88.7 Å². The van der Waals surface area contributed by atoms with Crippen LogP contribution in [0.3, 0.4) is 0 Å². The highest BCUT2D eigenvalue weighted by molar-refractivity contribution is 5.81. The second-order valence-corrected chi connectivity index (χ2v) is 3.94. The van der Waals surface area contributed by atoms with Gasteiger partial charge in [-0.3, -0.25) is 9.69 Å². The molecule has 0 unspecified atom stereocenters. The van der Waals surface area contributed by atoms with Gasteiger partial charge in [-0.05, 0) is 19.0 Å². The Bertz CT molecular complexity index is 364. The van der Waals surface area contributed by atoms with E-state index in [1.165, 1.54) is 6.07 Å². The van der Waals surface area contributed by atoms with Crippen LogP contribution in [0.4, 0.5) is 4.39 Å². The van der Waals surface area contributed by atoms with E-state index in [0.29, 0.717) is 25.1 Å². The van der Waals surface area contributed by atoms with E-state index in [2.05, 4.69) is 0 Å². The number of likely N-dealkylation sites (tertiary alicyclic amines) is 1. The third-order valence-electron chi connectivity index (χ3n) is 2.68. The summed E-state index contributed by atoms with van der Waals surface area (Å²) in [6.07, 6.45) is 1.57. The van der Waals surface area contributed by atoms with E-state index in [-0.39, 0.29) is 11.6 Å². The van der Waals surface area contributed by atoms with Gasteiger partial charge in [-0.15, -0.1) is 0 Å². The number of nitrogens with zero attached hydrogens (tertiary/aromatic N) is 1. The minimum absolute atomic E-state index is 0.185. The van der Waals surface area contributed by atoms with Crippen LogP contribution < -0.4 is 0 Å². The van der Waals surface area contributed by atoms with Crippen molar-refractivity contribution in [1.29, 1.82) is 0 Å². The number of carbonyl (C=O) groups excluding carboxylic acids is 1. The van der Waals surface area contributed by atoms with Gasteiger partial charge in [0, 0.05) is 18.5 Å². The highest BCUT2D eigenvalue weighted by Crippen LogP contribution is 2.13. The van der Waals surface area contributed by atoms with Crippen LogP contribution in [0.25, 0.3) is 0 Å². The number of hydrogen-bond acceptors (Lipinski definition) is 2. The molecule has 0 radical (unpaired) electrons. The van der Waals surface area contributed by atoms with E-state index in [4.69, 9.17) is 0 Å². The molecule has 2 nitrogen and oxygen atoms in total. The molecule has 1 fully saturated rings. The van der Waals surface area contributed by atoms with Crippen LogP contribution in [-0.2, 0) is 11.3 Å². The zero-order valence-electron chi connectivity index (χ0n) is 8.58. The number of carbonyl (C=O) groups is 1. The number of benzene rings is 1. The van der Waals surface area contributed by atoms with E-state index in [1.54, 1.807) is 12.1 Å². The Balaban J connectivity index is 2.02. The van der Waals surface area contributed by atoms with Crippen LogP contribution in [0.15, 0.2) is 24.3 Å². The molecule has 0 bridgehead atoms. The Hall–Kier alpha value is -1.22. The normalized spacial score (nSPS) is 18.1. The zero-order valence-corrected chi connectivity index (χ0v) is 8.58. The Morgan fingerprint density at radius 2 is 2.13 bits per heavy atom. The van der Waals surface area contributed by atoms with Crippen molar-refractivity contribution in [3.63, 3.8) is 0 Å². The molecule has 0 saturated carbocycles. The van der Waals surface area contributed by atoms with E-state index in [9.17, 15) is 9.18 Å². The van der Waals surface area contributed by atoms with Crippen molar-refractivity contribution in [2.45, 2.75) is 19.4 Å². The van der Waals surface area contributed by atoms with Gasteiger partial charge in [0.25, 0.3) is 0 Å². The molecule has 0 aliphatic carbocycles. The first kappa shape index (κ1) is 10.3. The first-order valence-corrected chi connectivity index (χ1v) is 5.23. The highest BCUT2D eigenvalue weighted by Gasteiger charge is 2.17. The first-order valence-electron chi connectivity index (χ1n) is 5.23. The lowest BCUT2D eigenvalue weighted by molar-refractivity contribution is -0.122. The molecule has 3 heteroatoms. The lowest BCUT2D eigenvalue weighted by Crippen LogP contribution is -2.35. The highest BCUT2D eigenvalue weighted by atomic mass is 19.1. The molecule has 80 valence electrons. The minimum Gasteiger partial charge on any atom is -0.298 e. The zero-order chi connectivity index (χ0) is 10.7. The van der Waals surface area contributed by atoms with Crippen LogP contribution in [0.1, 0.15) is 18.4 Å². The summed E-state index contributed by atoms with van der Waals surface area (Å²) in [7, 11) is 0. The van der Waals surface area contributed by atoms with Gasteiger partial charge in [0.05, 0.1) is 6.54 Å². The molecule has 1 heterocycles. The third kappa shape index (κ3) is 2.63. The molecule has 0 aromatic heterocycles. The molecular weight excluding hydrogens is 193 g/mol. The summed E-state index contributed by atoms with van der Waals surface area (Å²) in [5, 5.41) is 0. The fraction of sp³-hybridized carbons (Fsp3) is 0.417. The Morgan fingerprint density at radius 3 is 2.87 bits per heavy atom. The average molecular weight is 207 g/mol. The van der Waals surface area contributed by atoms with Crippen molar-refractivity contribution >= 4 is 5.78 Å². The first-order chi connectivity index (χ1) is 7.25. The maximum absolute atomic E-state index is 13.3. The van der Waals surface area contributed by atoms with Crippen molar-refractivity contribution in [3.8, 4) is 0 Å². The fourth-order valence-electron chi connectivity index (χ4n) is 1.91. The number of rotatable bonds is 2. The lowest BCUT2D eigenvalue weighted by Gasteiger charge is -2.25. The van der Waals surface area contributed by atoms with Crippen LogP contribution in [-0.4, -0.2) is 23.8 Å². The van der Waals surface area contributed by atoms with Crippen molar-refractivity contribution in [1.82, 2.24) is 4.90 Å². The predicted octanol–water partition coefficient (Wildman–Crippen LogP) is 1.99. The van der Waals surface area contributed by atoms with Gasteiger partial charge in [-0.2, -0.15) is 0 Å². The molecule has 15 heavy (non-hydrogen) atoms. The second kappa shape index (κ2) is 4.53. The number of Topliss-reactive ketones (excluding diaryl/α,β-unsaturated/α-hetero) is 1. The summed E-state index contributed by atoms with van der Waals surface area (Å²) < 4.78 is 13.3. The Morgan fingerprint density at radius 1 is 1.33 bits per heavy atom. The van der Waals surface area contributed by atoms with Crippen LogP contribution >= 0.6 is 0 Å². The lowest BCUT2D eigenvalue weighted by atomic mass is 10.1. The van der Waals surface area contributed by atoms with Crippen LogP contribution in [0.5, 0.6) is 0 Å². The summed E-state index contributed by atoms with van der Waals surface area (Å²) in [6.45, 7) is 1.90. The molecule has 1 aliphatic rings. The van der Waals surface area contributed by atoms with Gasteiger partial charge in [0.1, 0.15) is 11.6 Å². The largest absolute Gasteiger partial charge is 0.298 e. The molecule has 0 spiro atoms. The van der Waals surface area contributed by atoms with Crippen molar-refractivity contribution in [3.05, 3.63) is 35.6 Å². The molecule has 0 atom stereocenters. The number of halogens is 1. The second-order valence-electron chi connectivity index (χ2n) is 3.94. The molecule has 1 saturated heterocycles. The van der Waals surface area contributed by atoms with Crippen molar-refractivity contribution in [2.24, 2.45) is 0 Å². The summed E-state index contributed by atoms with van der Waals surface area (Å²) in [5.74, 6) is 0.0770. The number of hydrogen-bond donors (Lipinski definition) is 0. The monoisotopic (exact) mass is 207 g/mol. The summed E-state index contributed by atoms with van der Waals surface area (Å²) >= 11 is 0. The van der Waals surface area contributed by atoms with Crippen molar-refractivity contribution in [2.75, 3.05) is 13.1 Å². The van der Waals surface area contributed by atoms with Crippen molar-refractivity contribution < 1.29 is 9.18 Å². The van der Waals surface area contributed by atoms with E-state index in [1.807, 2.05) is 11.0 Å². The van der Waals surface area contributed by atoms with Gasteiger partial charge >= 0.3 is 0 Å². The van der Waals surface area contributed by atoms with Gasteiger partial charge in [0.2, 0.25) is 0 Å². The van der Waals surface area contributed by atoms with Gasteiger partial charge in [-0.25, -0.2) is 4.39 Å². The summed E-state index contributed by atoms with van der Waals surface area (Å²) in [6, 6.07) is 6.74. The maximum atomic E-state index is 13.3. The maximum Gasteiger partial charge on any atom is 0.146 e. The van der Waals surface area contributed by atoms with Gasteiger partial charge in [0.15, 0.2) is 0 Å². The van der Waals surface area contributed by atoms with E-state index in [0.717, 1.165) is 13.0 Å². The quantitative estimate of drug-likeness (QED) is 0.739. The Kier molecular flexibility index (Phi) is 3.11. The van der Waals surface area contributed by atoms with E-state index < -0.39 is 0 Å². The molecular formula is C12H14FNO. The minimum atomic E-state index is -0.185. The topological polar surface area (TPSA) is 20.3 Å². The molecule has 2 rings (SSSR count). The fourth-order valence-corrected chi connectivity index (χ4v) is 1.91. The third-order valence-corrected chi connectivity index (χ3v) is 2.68. The van der Waals surface area contributed by atoms with Gasteiger partial charge in [-0.1, -0.05) is 18.2 Å². The summed E-state index contributed by atoms with van der Waals surface area (Å²) in [5.41, 5.74) is 0.673. The SMILES string of the molecule is O=C1CCCN(Cc2ccccc2F)C1. The summed E-state index contributed by atoms with van der Waals surface area (Å²) in [4.78, 5) is 13.2. The molecule has 1 aliphatic heterocycles. The standard InChI is InChI=1S/C12H14FNO/c13-12-6-2-1-4-10(12)8-14-7-3-5-11(15)9-14/h1-2,4,6H,3,5,7-9H2. The molecule has 0 N–H and O–H groups in total. The average Bonchev–Trinajstić information content (AvgIpc) is 2.22. The number of piperidine rings is 1. The molecule has 1 aromatic carbocycles. The predicted molar refractivity (Wildman–Crippen MR) is 55.9 cm³/mol. The van der Waals surface area contributed by atoms with Crippen LogP contribution in [0, 0.1) is 5.82 Å². The molecule has 0 amide bonds. The molecule has 1 aromatic rings. The van der Waals surface area contributed by atoms with E-state index >= 15 is 0 Å². The van der Waals surface area contributed by atoms with Gasteiger partial charge < -0.3 is 0 Å².